The highest BCUT2D eigenvalue weighted by Crippen LogP contribution is 2.36. The molecule has 0 spiro atoms. The Morgan fingerprint density at radius 2 is 2.17 bits per heavy atom. The van der Waals surface area contributed by atoms with Crippen molar-refractivity contribution in [3.05, 3.63) is 33.3 Å². The third kappa shape index (κ3) is 2.75. The molecular formula is C13H17ClN2O2. The lowest BCUT2D eigenvalue weighted by atomic mass is 10.0. The van der Waals surface area contributed by atoms with Crippen LogP contribution in [-0.2, 0) is 0 Å². The molecule has 1 unspecified atom stereocenters. The van der Waals surface area contributed by atoms with Gasteiger partial charge in [-0.25, -0.2) is 0 Å². The van der Waals surface area contributed by atoms with Crippen molar-refractivity contribution in [2.24, 2.45) is 5.92 Å². The van der Waals surface area contributed by atoms with Crippen LogP contribution in [0.5, 0.6) is 0 Å². The highest BCUT2D eigenvalue weighted by atomic mass is 35.5. The van der Waals surface area contributed by atoms with Gasteiger partial charge in [0.25, 0.3) is 0 Å². The van der Waals surface area contributed by atoms with Gasteiger partial charge in [-0.15, -0.1) is 0 Å². The monoisotopic (exact) mass is 268 g/mol. The zero-order chi connectivity index (χ0) is 13.1. The second-order valence-electron chi connectivity index (χ2n) is 4.89. The molecule has 1 aliphatic heterocycles. The summed E-state index contributed by atoms with van der Waals surface area (Å²) in [5.74, 6) is 0.688. The van der Waals surface area contributed by atoms with Gasteiger partial charge in [-0.1, -0.05) is 24.6 Å². The fourth-order valence-electron chi connectivity index (χ4n) is 2.44. The van der Waals surface area contributed by atoms with Crippen molar-refractivity contribution in [3.8, 4) is 0 Å². The molecule has 1 aromatic carbocycles. The molecule has 4 nitrogen and oxygen atoms in total. The van der Waals surface area contributed by atoms with Gasteiger partial charge in [-0.3, -0.25) is 10.1 Å². The van der Waals surface area contributed by atoms with Crippen molar-refractivity contribution in [1.29, 1.82) is 0 Å². The molecule has 98 valence electrons. The second-order valence-corrected chi connectivity index (χ2v) is 5.30. The van der Waals surface area contributed by atoms with Crippen LogP contribution in [0.15, 0.2) is 18.2 Å². The Bertz CT molecular complexity index is 451. The molecule has 18 heavy (non-hydrogen) atoms. The van der Waals surface area contributed by atoms with E-state index >= 15 is 0 Å². The molecule has 1 atom stereocenters. The molecule has 0 N–H and O–H groups in total. The van der Waals surface area contributed by atoms with Crippen molar-refractivity contribution >= 4 is 23.0 Å². The summed E-state index contributed by atoms with van der Waals surface area (Å²) in [6.07, 6.45) is 3.33. The number of hydrogen-bond acceptors (Lipinski definition) is 3. The summed E-state index contributed by atoms with van der Waals surface area (Å²) >= 11 is 5.94. The maximum Gasteiger partial charge on any atom is 0.310 e. The van der Waals surface area contributed by atoms with E-state index in [9.17, 15) is 10.1 Å². The van der Waals surface area contributed by atoms with Crippen LogP contribution >= 0.6 is 11.6 Å². The smallest absolute Gasteiger partial charge is 0.310 e. The molecule has 1 aliphatic rings. The van der Waals surface area contributed by atoms with Gasteiger partial charge in [0.2, 0.25) is 0 Å². The highest BCUT2D eigenvalue weighted by Gasteiger charge is 2.24. The Morgan fingerprint density at radius 1 is 1.39 bits per heavy atom. The first-order valence-corrected chi connectivity index (χ1v) is 6.65. The zero-order valence-electron chi connectivity index (χ0n) is 10.4. The van der Waals surface area contributed by atoms with E-state index in [0.29, 0.717) is 11.6 Å². The summed E-state index contributed by atoms with van der Waals surface area (Å²) in [5, 5.41) is 11.3. The first kappa shape index (κ1) is 13.1. The molecule has 5 heteroatoms. The molecular weight excluding hydrogens is 252 g/mol. The maximum atomic E-state index is 11.1. The van der Waals surface area contributed by atoms with E-state index in [2.05, 4.69) is 11.8 Å². The average molecular weight is 269 g/mol. The van der Waals surface area contributed by atoms with Gasteiger partial charge in [-0.2, -0.15) is 0 Å². The lowest BCUT2D eigenvalue weighted by Gasteiger charge is -2.22. The fraction of sp³-hybridized carbons (Fsp3) is 0.538. The van der Waals surface area contributed by atoms with Gasteiger partial charge in [0, 0.05) is 13.1 Å². The normalized spacial score (nSPS) is 20.6. The maximum absolute atomic E-state index is 11.1. The standard InChI is InChI=1S/C13H17ClN2O2/c1-10-4-3-8-15(9-7-10)12-6-2-5-11(14)13(12)16(17)18/h2,5-6,10H,3-4,7-9H2,1H3. The molecule has 0 bridgehead atoms. The molecule has 1 fully saturated rings. The van der Waals surface area contributed by atoms with E-state index in [1.54, 1.807) is 18.2 Å². The van der Waals surface area contributed by atoms with Crippen LogP contribution in [0.2, 0.25) is 5.02 Å². The molecule has 1 saturated heterocycles. The molecule has 1 heterocycles. The first-order valence-electron chi connectivity index (χ1n) is 6.27. The number of hydrogen-bond donors (Lipinski definition) is 0. The Morgan fingerprint density at radius 3 is 2.89 bits per heavy atom. The van der Waals surface area contributed by atoms with E-state index in [1.807, 2.05) is 0 Å². The van der Waals surface area contributed by atoms with Crippen LogP contribution in [0, 0.1) is 16.0 Å². The second kappa shape index (κ2) is 5.57. The minimum absolute atomic E-state index is 0.0359. The zero-order valence-corrected chi connectivity index (χ0v) is 11.2. The van der Waals surface area contributed by atoms with Gasteiger partial charge in [0.15, 0.2) is 0 Å². The summed E-state index contributed by atoms with van der Waals surface area (Å²) in [5.41, 5.74) is 0.690. The van der Waals surface area contributed by atoms with Crippen molar-refractivity contribution in [2.75, 3.05) is 18.0 Å². The fourth-order valence-corrected chi connectivity index (χ4v) is 2.68. The van der Waals surface area contributed by atoms with Crippen LogP contribution in [0.4, 0.5) is 11.4 Å². The van der Waals surface area contributed by atoms with Crippen LogP contribution in [0.1, 0.15) is 26.2 Å². The van der Waals surface area contributed by atoms with Crippen LogP contribution in [0.25, 0.3) is 0 Å². The van der Waals surface area contributed by atoms with Gasteiger partial charge in [0.1, 0.15) is 10.7 Å². The van der Waals surface area contributed by atoms with E-state index < -0.39 is 0 Å². The van der Waals surface area contributed by atoms with Crippen molar-refractivity contribution < 1.29 is 4.92 Å². The minimum atomic E-state index is -0.383. The Kier molecular flexibility index (Phi) is 4.07. The van der Waals surface area contributed by atoms with Crippen LogP contribution in [-0.4, -0.2) is 18.0 Å². The molecule has 0 radical (unpaired) electrons. The highest BCUT2D eigenvalue weighted by molar-refractivity contribution is 6.33. The van der Waals surface area contributed by atoms with Crippen molar-refractivity contribution in [3.63, 3.8) is 0 Å². The molecule has 1 aromatic rings. The quantitative estimate of drug-likeness (QED) is 0.604. The summed E-state index contributed by atoms with van der Waals surface area (Å²) in [6.45, 7) is 3.96. The number of rotatable bonds is 2. The third-order valence-corrected chi connectivity index (χ3v) is 3.81. The van der Waals surface area contributed by atoms with Gasteiger partial charge >= 0.3 is 5.69 Å². The Hall–Kier alpha value is -1.29. The Balaban J connectivity index is 2.32. The molecule has 2 rings (SSSR count). The van der Waals surface area contributed by atoms with E-state index in [4.69, 9.17) is 11.6 Å². The van der Waals surface area contributed by atoms with Gasteiger partial charge in [0.05, 0.1) is 4.92 Å². The Labute approximate surface area is 112 Å². The number of nitrogens with zero attached hydrogens (tertiary/aromatic N) is 2. The largest absolute Gasteiger partial charge is 0.366 e. The summed E-state index contributed by atoms with van der Waals surface area (Å²) < 4.78 is 0. The van der Waals surface area contributed by atoms with E-state index in [-0.39, 0.29) is 15.6 Å². The lowest BCUT2D eigenvalue weighted by Crippen LogP contribution is -2.25. The predicted octanol–water partition coefficient (Wildman–Crippen LogP) is 3.87. The van der Waals surface area contributed by atoms with E-state index in [1.165, 1.54) is 6.42 Å². The molecule has 0 amide bonds. The van der Waals surface area contributed by atoms with Gasteiger partial charge in [-0.05, 0) is 37.3 Å². The molecule has 0 aromatic heterocycles. The van der Waals surface area contributed by atoms with Gasteiger partial charge < -0.3 is 4.90 Å². The van der Waals surface area contributed by atoms with E-state index in [0.717, 1.165) is 25.9 Å². The number of anilines is 1. The third-order valence-electron chi connectivity index (χ3n) is 3.51. The number of nitro groups is 1. The first-order chi connectivity index (χ1) is 8.59. The molecule has 0 aliphatic carbocycles. The topological polar surface area (TPSA) is 46.4 Å². The predicted molar refractivity (Wildman–Crippen MR) is 73.3 cm³/mol. The van der Waals surface area contributed by atoms with Crippen molar-refractivity contribution in [2.45, 2.75) is 26.2 Å². The van der Waals surface area contributed by atoms with Crippen LogP contribution < -0.4 is 4.90 Å². The number of nitro benzene ring substituents is 1. The average Bonchev–Trinajstić information content (AvgIpc) is 2.53. The summed E-state index contributed by atoms with van der Waals surface area (Å²) in [4.78, 5) is 12.8. The SMILES string of the molecule is CC1CCCN(c2cccc(Cl)c2[N+](=O)[O-])CC1. The number of benzene rings is 1. The summed E-state index contributed by atoms with van der Waals surface area (Å²) in [7, 11) is 0. The lowest BCUT2D eigenvalue weighted by molar-refractivity contribution is -0.384. The molecule has 0 saturated carbocycles. The van der Waals surface area contributed by atoms with Crippen molar-refractivity contribution in [1.82, 2.24) is 0 Å². The number of halogens is 1. The number of para-hydroxylation sites is 1. The minimum Gasteiger partial charge on any atom is -0.366 e. The van der Waals surface area contributed by atoms with Crippen LogP contribution in [0.3, 0.4) is 0 Å². The summed E-state index contributed by atoms with van der Waals surface area (Å²) in [6, 6.07) is 5.14.